The van der Waals surface area contributed by atoms with Gasteiger partial charge in [0, 0.05) is 58.6 Å². The van der Waals surface area contributed by atoms with Crippen LogP contribution in [0.5, 0.6) is 0 Å². The second-order valence-corrected chi connectivity index (χ2v) is 7.53. The average Bonchev–Trinajstić information content (AvgIpc) is 3.37. The van der Waals surface area contributed by atoms with Gasteiger partial charge in [0.1, 0.15) is 0 Å². The lowest BCUT2D eigenvalue weighted by atomic mass is 9.96. The maximum absolute atomic E-state index is 12.5. The summed E-state index contributed by atoms with van der Waals surface area (Å²) < 4.78 is 5.87. The van der Waals surface area contributed by atoms with Gasteiger partial charge in [0.15, 0.2) is 5.96 Å². The van der Waals surface area contributed by atoms with Crippen molar-refractivity contribution in [3.63, 3.8) is 0 Å². The standard InChI is InChI=1S/C19H29N7O2/c1-20-18(24-15-13-14-3-4-16(15)28-14)21-8-5-17(27)25-9-11-26(12-10-25)19-22-6-2-7-23-19/h2,6-7,14-16H,3-5,8-13H2,1H3,(H2,20,21,24). The van der Waals surface area contributed by atoms with E-state index in [-0.39, 0.29) is 5.91 Å². The maximum Gasteiger partial charge on any atom is 0.225 e. The minimum atomic E-state index is 0.167. The number of nitrogens with zero attached hydrogens (tertiary/aromatic N) is 5. The molecule has 2 N–H and O–H groups in total. The third kappa shape index (κ3) is 4.35. The van der Waals surface area contributed by atoms with Gasteiger partial charge in [0.25, 0.3) is 0 Å². The zero-order valence-corrected chi connectivity index (χ0v) is 16.4. The number of amides is 1. The van der Waals surface area contributed by atoms with Crippen LogP contribution in [0.3, 0.4) is 0 Å². The normalized spacial score (nSPS) is 27.2. The molecule has 0 radical (unpaired) electrons. The number of rotatable bonds is 5. The predicted octanol–water partition coefficient (Wildman–Crippen LogP) is 0.000200. The number of carbonyl (C=O) groups is 1. The molecule has 3 fully saturated rings. The number of aromatic nitrogens is 2. The Kier molecular flexibility index (Phi) is 5.90. The fourth-order valence-corrected chi connectivity index (χ4v) is 4.22. The van der Waals surface area contributed by atoms with Crippen LogP contribution in [-0.4, -0.2) is 84.8 Å². The molecule has 28 heavy (non-hydrogen) atoms. The van der Waals surface area contributed by atoms with Crippen molar-refractivity contribution in [2.45, 2.75) is 43.9 Å². The quantitative estimate of drug-likeness (QED) is 0.542. The second kappa shape index (κ2) is 8.72. The van der Waals surface area contributed by atoms with E-state index in [1.165, 1.54) is 6.42 Å². The number of hydrogen-bond donors (Lipinski definition) is 2. The topological polar surface area (TPSA) is 95.0 Å². The maximum atomic E-state index is 12.5. The molecule has 4 heterocycles. The highest BCUT2D eigenvalue weighted by Gasteiger charge is 2.41. The van der Waals surface area contributed by atoms with Crippen molar-refractivity contribution >= 4 is 17.8 Å². The molecular weight excluding hydrogens is 358 g/mol. The number of anilines is 1. The van der Waals surface area contributed by atoms with E-state index in [0.717, 1.165) is 37.8 Å². The van der Waals surface area contributed by atoms with Gasteiger partial charge in [-0.3, -0.25) is 9.79 Å². The molecule has 9 heteroatoms. The highest BCUT2D eigenvalue weighted by molar-refractivity contribution is 5.81. The summed E-state index contributed by atoms with van der Waals surface area (Å²) in [4.78, 5) is 29.4. The first kappa shape index (κ1) is 18.9. The monoisotopic (exact) mass is 387 g/mol. The van der Waals surface area contributed by atoms with Crippen LogP contribution in [0.25, 0.3) is 0 Å². The van der Waals surface area contributed by atoms with Crippen molar-refractivity contribution in [1.82, 2.24) is 25.5 Å². The smallest absolute Gasteiger partial charge is 0.225 e. The highest BCUT2D eigenvalue weighted by Crippen LogP contribution is 2.34. The number of carbonyl (C=O) groups excluding carboxylic acids is 1. The molecule has 3 aliphatic rings. The Bertz CT molecular complexity index is 691. The van der Waals surface area contributed by atoms with Crippen molar-refractivity contribution in [3.8, 4) is 0 Å². The molecule has 3 atom stereocenters. The molecule has 0 aromatic carbocycles. The molecule has 4 rings (SSSR count). The van der Waals surface area contributed by atoms with Crippen molar-refractivity contribution in [1.29, 1.82) is 0 Å². The first-order valence-electron chi connectivity index (χ1n) is 10.2. The summed E-state index contributed by atoms with van der Waals surface area (Å²) in [7, 11) is 1.76. The molecule has 152 valence electrons. The second-order valence-electron chi connectivity index (χ2n) is 7.53. The Morgan fingerprint density at radius 3 is 2.68 bits per heavy atom. The van der Waals surface area contributed by atoms with Gasteiger partial charge in [0.2, 0.25) is 11.9 Å². The molecule has 2 bridgehead atoms. The van der Waals surface area contributed by atoms with E-state index in [0.29, 0.717) is 44.3 Å². The lowest BCUT2D eigenvalue weighted by Gasteiger charge is -2.34. The molecule has 1 amide bonds. The van der Waals surface area contributed by atoms with Gasteiger partial charge in [-0.25, -0.2) is 9.97 Å². The van der Waals surface area contributed by atoms with Gasteiger partial charge in [-0.05, 0) is 25.3 Å². The number of fused-ring (bicyclic) bond motifs is 2. The molecule has 9 nitrogen and oxygen atoms in total. The van der Waals surface area contributed by atoms with Crippen molar-refractivity contribution < 1.29 is 9.53 Å². The van der Waals surface area contributed by atoms with E-state index < -0.39 is 0 Å². The Morgan fingerprint density at radius 2 is 2.04 bits per heavy atom. The lowest BCUT2D eigenvalue weighted by Crippen LogP contribution is -2.50. The van der Waals surface area contributed by atoms with Gasteiger partial charge in [-0.15, -0.1) is 0 Å². The predicted molar refractivity (Wildman–Crippen MR) is 106 cm³/mol. The number of piperazine rings is 1. The van der Waals surface area contributed by atoms with Crippen LogP contribution >= 0.6 is 0 Å². The van der Waals surface area contributed by atoms with Crippen molar-refractivity contribution in [2.24, 2.45) is 4.99 Å². The summed E-state index contributed by atoms with van der Waals surface area (Å²) in [6.45, 7) is 3.49. The summed E-state index contributed by atoms with van der Waals surface area (Å²) in [6, 6.07) is 2.14. The largest absolute Gasteiger partial charge is 0.373 e. The lowest BCUT2D eigenvalue weighted by molar-refractivity contribution is -0.131. The number of hydrogen-bond acceptors (Lipinski definition) is 6. The van der Waals surface area contributed by atoms with Gasteiger partial charge in [-0.1, -0.05) is 0 Å². The summed E-state index contributed by atoms with van der Waals surface area (Å²) in [5.74, 6) is 1.65. The minimum absolute atomic E-state index is 0.167. The fraction of sp³-hybridized carbons (Fsp3) is 0.684. The summed E-state index contributed by atoms with van der Waals surface area (Å²) in [5, 5.41) is 6.71. The summed E-state index contributed by atoms with van der Waals surface area (Å²) >= 11 is 0. The van der Waals surface area contributed by atoms with Crippen LogP contribution in [0.2, 0.25) is 0 Å². The van der Waals surface area contributed by atoms with Crippen molar-refractivity contribution in [2.75, 3.05) is 44.7 Å². The third-order valence-corrected chi connectivity index (χ3v) is 5.75. The summed E-state index contributed by atoms with van der Waals surface area (Å²) in [6.07, 6.45) is 7.99. The van der Waals surface area contributed by atoms with E-state index >= 15 is 0 Å². The Balaban J connectivity index is 1.16. The molecule has 3 unspecified atom stereocenters. The number of guanidine groups is 1. The van der Waals surface area contributed by atoms with Crippen LogP contribution in [-0.2, 0) is 9.53 Å². The Hall–Kier alpha value is -2.42. The molecule has 0 aliphatic carbocycles. The first-order chi connectivity index (χ1) is 13.7. The van der Waals surface area contributed by atoms with E-state index in [1.54, 1.807) is 19.4 Å². The molecule has 1 aromatic heterocycles. The molecule has 1 aromatic rings. The van der Waals surface area contributed by atoms with Gasteiger partial charge in [-0.2, -0.15) is 0 Å². The van der Waals surface area contributed by atoms with Crippen LogP contribution < -0.4 is 15.5 Å². The zero-order chi connectivity index (χ0) is 19.3. The molecule has 3 aliphatic heterocycles. The van der Waals surface area contributed by atoms with Crippen LogP contribution in [0, 0.1) is 0 Å². The molecule has 0 saturated carbocycles. The minimum Gasteiger partial charge on any atom is -0.373 e. The van der Waals surface area contributed by atoms with Gasteiger partial charge < -0.3 is 25.2 Å². The van der Waals surface area contributed by atoms with E-state index in [2.05, 4.69) is 30.5 Å². The van der Waals surface area contributed by atoms with Crippen LogP contribution in [0.1, 0.15) is 25.7 Å². The third-order valence-electron chi connectivity index (χ3n) is 5.75. The molecule has 3 saturated heterocycles. The van der Waals surface area contributed by atoms with Crippen LogP contribution in [0.4, 0.5) is 5.95 Å². The Morgan fingerprint density at radius 1 is 1.25 bits per heavy atom. The number of aliphatic imine (C=N–C) groups is 1. The van der Waals surface area contributed by atoms with E-state index in [1.807, 2.05) is 11.0 Å². The average molecular weight is 387 g/mol. The highest BCUT2D eigenvalue weighted by atomic mass is 16.5. The zero-order valence-electron chi connectivity index (χ0n) is 16.4. The molecular formula is C19H29N7O2. The Labute approximate surface area is 165 Å². The first-order valence-corrected chi connectivity index (χ1v) is 10.2. The van der Waals surface area contributed by atoms with E-state index in [4.69, 9.17) is 4.74 Å². The number of nitrogens with one attached hydrogen (secondary N) is 2. The SMILES string of the molecule is CN=C(NCCC(=O)N1CCN(c2ncccn2)CC1)NC1CC2CCC1O2. The number of ether oxygens (including phenoxy) is 1. The van der Waals surface area contributed by atoms with Crippen LogP contribution in [0.15, 0.2) is 23.5 Å². The van der Waals surface area contributed by atoms with Crippen molar-refractivity contribution in [3.05, 3.63) is 18.5 Å². The summed E-state index contributed by atoms with van der Waals surface area (Å²) in [5.41, 5.74) is 0. The molecule has 0 spiro atoms. The van der Waals surface area contributed by atoms with E-state index in [9.17, 15) is 4.79 Å². The fourth-order valence-electron chi connectivity index (χ4n) is 4.22. The van der Waals surface area contributed by atoms with Gasteiger partial charge in [0.05, 0.1) is 18.2 Å². The van der Waals surface area contributed by atoms with Gasteiger partial charge >= 0.3 is 0 Å².